The summed E-state index contributed by atoms with van der Waals surface area (Å²) in [5, 5.41) is 7.14. The Morgan fingerprint density at radius 2 is 1.69 bits per heavy atom. The van der Waals surface area contributed by atoms with Gasteiger partial charge in [-0.3, -0.25) is 0 Å². The number of anilines is 2. The molecule has 0 bridgehead atoms. The zero-order valence-corrected chi connectivity index (χ0v) is 15.2. The fourth-order valence-corrected chi connectivity index (χ4v) is 2.78. The smallest absolute Gasteiger partial charge is 0.224 e. The second-order valence-electron chi connectivity index (χ2n) is 5.93. The molecular formula is C20H20ClFN4. The molecule has 0 amide bonds. The minimum absolute atomic E-state index is 0.193. The van der Waals surface area contributed by atoms with E-state index in [1.54, 1.807) is 12.1 Å². The van der Waals surface area contributed by atoms with Gasteiger partial charge in [-0.15, -0.1) is 0 Å². The molecule has 4 nitrogen and oxygen atoms in total. The molecule has 2 aromatic carbocycles. The van der Waals surface area contributed by atoms with E-state index in [9.17, 15) is 4.39 Å². The lowest BCUT2D eigenvalue weighted by atomic mass is 10.1. The van der Waals surface area contributed by atoms with Crippen molar-refractivity contribution in [2.24, 2.45) is 0 Å². The molecule has 1 aromatic heterocycles. The summed E-state index contributed by atoms with van der Waals surface area (Å²) in [4.78, 5) is 8.84. The van der Waals surface area contributed by atoms with E-state index in [1.807, 2.05) is 43.3 Å². The monoisotopic (exact) mass is 370 g/mol. The molecule has 2 N–H and O–H groups in total. The first kappa shape index (κ1) is 18.1. The number of nitrogens with one attached hydrogen (secondary N) is 2. The van der Waals surface area contributed by atoms with Crippen molar-refractivity contribution in [3.63, 3.8) is 0 Å². The van der Waals surface area contributed by atoms with E-state index in [1.165, 1.54) is 6.07 Å². The van der Waals surface area contributed by atoms with E-state index in [-0.39, 0.29) is 5.82 Å². The van der Waals surface area contributed by atoms with Crippen molar-refractivity contribution in [2.45, 2.75) is 19.9 Å². The molecular weight excluding hydrogens is 351 g/mol. The zero-order valence-electron chi connectivity index (χ0n) is 14.5. The van der Waals surface area contributed by atoms with Crippen LogP contribution < -0.4 is 10.6 Å². The molecule has 0 unspecified atom stereocenters. The SMILES string of the molecule is Cc1cc(NCc2ccccc2Cl)nc(NCCc2ccccc2F)n1. The van der Waals surface area contributed by atoms with Crippen LogP contribution in [-0.2, 0) is 13.0 Å². The van der Waals surface area contributed by atoms with Crippen LogP contribution in [0.15, 0.2) is 54.6 Å². The Bertz CT molecular complexity index is 885. The molecule has 26 heavy (non-hydrogen) atoms. The average Bonchev–Trinajstić information content (AvgIpc) is 2.62. The molecule has 0 saturated carbocycles. The molecule has 134 valence electrons. The third kappa shape index (κ3) is 4.92. The second kappa shape index (κ2) is 8.63. The van der Waals surface area contributed by atoms with Gasteiger partial charge in [0, 0.05) is 29.9 Å². The lowest BCUT2D eigenvalue weighted by Gasteiger charge is -2.11. The number of nitrogens with zero attached hydrogens (tertiary/aromatic N) is 2. The number of benzene rings is 2. The van der Waals surface area contributed by atoms with Gasteiger partial charge in [-0.2, -0.15) is 4.98 Å². The van der Waals surface area contributed by atoms with E-state index in [2.05, 4.69) is 20.6 Å². The summed E-state index contributed by atoms with van der Waals surface area (Å²) in [7, 11) is 0. The van der Waals surface area contributed by atoms with Gasteiger partial charge >= 0.3 is 0 Å². The highest BCUT2D eigenvalue weighted by Gasteiger charge is 2.05. The number of aryl methyl sites for hydroxylation is 1. The molecule has 0 aliphatic rings. The second-order valence-corrected chi connectivity index (χ2v) is 6.34. The van der Waals surface area contributed by atoms with Gasteiger partial charge in [0.25, 0.3) is 0 Å². The predicted octanol–water partition coefficient (Wildman–Crippen LogP) is 4.84. The molecule has 0 atom stereocenters. The van der Waals surface area contributed by atoms with Crippen LogP contribution in [0.1, 0.15) is 16.8 Å². The number of hydrogen-bond donors (Lipinski definition) is 2. The normalized spacial score (nSPS) is 10.6. The minimum Gasteiger partial charge on any atom is -0.366 e. The molecule has 0 radical (unpaired) electrons. The van der Waals surface area contributed by atoms with E-state index < -0.39 is 0 Å². The Hall–Kier alpha value is -2.66. The highest BCUT2D eigenvalue weighted by Crippen LogP contribution is 2.17. The van der Waals surface area contributed by atoms with Gasteiger partial charge in [0.2, 0.25) is 5.95 Å². The Labute approximate surface area is 157 Å². The molecule has 0 saturated heterocycles. The molecule has 0 aliphatic carbocycles. The molecule has 6 heteroatoms. The largest absolute Gasteiger partial charge is 0.366 e. The standard InChI is InChI=1S/C20H20ClFN4/c1-14-12-19(24-13-16-7-2-4-8-17(16)21)26-20(25-14)23-11-10-15-6-3-5-9-18(15)22/h2-9,12H,10-11,13H2,1H3,(H2,23,24,25,26). The van der Waals surface area contributed by atoms with Crippen LogP contribution in [0.5, 0.6) is 0 Å². The van der Waals surface area contributed by atoms with Crippen LogP contribution in [0, 0.1) is 12.7 Å². The Balaban J connectivity index is 1.60. The minimum atomic E-state index is -0.193. The van der Waals surface area contributed by atoms with Gasteiger partial charge < -0.3 is 10.6 Å². The van der Waals surface area contributed by atoms with Crippen molar-refractivity contribution < 1.29 is 4.39 Å². The highest BCUT2D eigenvalue weighted by molar-refractivity contribution is 6.31. The maximum Gasteiger partial charge on any atom is 0.224 e. The summed E-state index contributed by atoms with van der Waals surface area (Å²) in [6.45, 7) is 3.03. The van der Waals surface area contributed by atoms with Gasteiger partial charge in [-0.25, -0.2) is 9.37 Å². The van der Waals surface area contributed by atoms with Crippen molar-refractivity contribution in [2.75, 3.05) is 17.2 Å². The van der Waals surface area contributed by atoms with Crippen LogP contribution >= 0.6 is 11.6 Å². The van der Waals surface area contributed by atoms with Crippen LogP contribution in [-0.4, -0.2) is 16.5 Å². The van der Waals surface area contributed by atoms with E-state index in [0.717, 1.165) is 11.3 Å². The highest BCUT2D eigenvalue weighted by atomic mass is 35.5. The van der Waals surface area contributed by atoms with E-state index in [0.29, 0.717) is 41.9 Å². The fourth-order valence-electron chi connectivity index (χ4n) is 2.58. The van der Waals surface area contributed by atoms with Gasteiger partial charge in [0.05, 0.1) is 0 Å². The lowest BCUT2D eigenvalue weighted by Crippen LogP contribution is -2.11. The van der Waals surface area contributed by atoms with Gasteiger partial charge in [0.15, 0.2) is 0 Å². The number of halogens is 2. The number of hydrogen-bond acceptors (Lipinski definition) is 4. The van der Waals surface area contributed by atoms with Crippen LogP contribution in [0.4, 0.5) is 16.2 Å². The summed E-state index contributed by atoms with van der Waals surface area (Å²) >= 11 is 6.18. The average molecular weight is 371 g/mol. The quantitative estimate of drug-likeness (QED) is 0.624. The summed E-state index contributed by atoms with van der Waals surface area (Å²) in [6, 6.07) is 16.3. The fraction of sp³-hybridized carbons (Fsp3) is 0.200. The van der Waals surface area contributed by atoms with E-state index in [4.69, 9.17) is 11.6 Å². The maximum absolute atomic E-state index is 13.7. The number of rotatable bonds is 7. The van der Waals surface area contributed by atoms with Crippen molar-refractivity contribution in [1.82, 2.24) is 9.97 Å². The number of aromatic nitrogens is 2. The molecule has 3 aromatic rings. The van der Waals surface area contributed by atoms with E-state index >= 15 is 0 Å². The Morgan fingerprint density at radius 1 is 0.962 bits per heavy atom. The third-order valence-corrected chi connectivity index (χ3v) is 4.28. The lowest BCUT2D eigenvalue weighted by molar-refractivity contribution is 0.610. The zero-order chi connectivity index (χ0) is 18.4. The first-order chi connectivity index (χ1) is 12.6. The van der Waals surface area contributed by atoms with Crippen molar-refractivity contribution in [3.8, 4) is 0 Å². The summed E-state index contributed by atoms with van der Waals surface area (Å²) in [5.41, 5.74) is 2.51. The topological polar surface area (TPSA) is 49.8 Å². The maximum atomic E-state index is 13.7. The summed E-state index contributed by atoms with van der Waals surface area (Å²) in [5.74, 6) is 1.04. The van der Waals surface area contributed by atoms with Gasteiger partial charge in [-0.05, 0) is 36.6 Å². The third-order valence-electron chi connectivity index (χ3n) is 3.91. The van der Waals surface area contributed by atoms with Gasteiger partial charge in [0.1, 0.15) is 11.6 Å². The van der Waals surface area contributed by atoms with Gasteiger partial charge in [-0.1, -0.05) is 48.0 Å². The van der Waals surface area contributed by atoms with Crippen LogP contribution in [0.25, 0.3) is 0 Å². The Morgan fingerprint density at radius 3 is 2.46 bits per heavy atom. The molecule has 0 fully saturated rings. The van der Waals surface area contributed by atoms with Crippen molar-refractivity contribution in [1.29, 1.82) is 0 Å². The molecule has 0 spiro atoms. The Kier molecular flexibility index (Phi) is 6.02. The molecule has 1 heterocycles. The van der Waals surface area contributed by atoms with Crippen molar-refractivity contribution >= 4 is 23.4 Å². The molecule has 3 rings (SSSR count). The summed E-state index contributed by atoms with van der Waals surface area (Å²) in [6.07, 6.45) is 0.562. The first-order valence-corrected chi connectivity index (χ1v) is 8.80. The van der Waals surface area contributed by atoms with Crippen LogP contribution in [0.3, 0.4) is 0 Å². The van der Waals surface area contributed by atoms with Crippen molar-refractivity contribution in [3.05, 3.63) is 82.3 Å². The summed E-state index contributed by atoms with van der Waals surface area (Å²) < 4.78 is 13.7. The molecule has 0 aliphatic heterocycles. The van der Waals surface area contributed by atoms with Crippen LogP contribution in [0.2, 0.25) is 5.02 Å². The first-order valence-electron chi connectivity index (χ1n) is 8.42. The predicted molar refractivity (Wildman–Crippen MR) is 104 cm³/mol.